The van der Waals surface area contributed by atoms with Crippen LogP contribution in [-0.2, 0) is 10.3 Å². The topological polar surface area (TPSA) is 66.5 Å². The van der Waals surface area contributed by atoms with Gasteiger partial charge in [0.25, 0.3) is 5.91 Å². The molecular formula is C20H19ClN2O3. The molecule has 1 N–H and O–H groups in total. The van der Waals surface area contributed by atoms with Crippen LogP contribution in [0, 0.1) is 13.8 Å². The van der Waals surface area contributed by atoms with Gasteiger partial charge in [0.2, 0.25) is 0 Å². The van der Waals surface area contributed by atoms with E-state index in [0.717, 1.165) is 16.0 Å². The van der Waals surface area contributed by atoms with E-state index in [-0.39, 0.29) is 12.3 Å². The van der Waals surface area contributed by atoms with E-state index < -0.39 is 17.5 Å². The number of amides is 3. The first-order valence-electron chi connectivity index (χ1n) is 8.23. The highest BCUT2D eigenvalue weighted by molar-refractivity contribution is 6.30. The predicted molar refractivity (Wildman–Crippen MR) is 99.3 cm³/mol. The Balaban J connectivity index is 1.85. The number of rotatable bonds is 4. The van der Waals surface area contributed by atoms with Crippen LogP contribution in [0.1, 0.15) is 34.0 Å². The van der Waals surface area contributed by atoms with Crippen LogP contribution in [0.3, 0.4) is 0 Å². The van der Waals surface area contributed by atoms with Crippen molar-refractivity contribution >= 4 is 29.3 Å². The number of carbonyl (C=O) groups excluding carboxylic acids is 3. The molecule has 0 bridgehead atoms. The average molecular weight is 371 g/mol. The number of aryl methyl sites for hydroxylation is 2. The summed E-state index contributed by atoms with van der Waals surface area (Å²) in [5, 5.41) is 3.23. The van der Waals surface area contributed by atoms with Gasteiger partial charge in [-0.2, -0.15) is 0 Å². The van der Waals surface area contributed by atoms with Gasteiger partial charge in [0, 0.05) is 10.6 Å². The molecule has 0 aliphatic carbocycles. The summed E-state index contributed by atoms with van der Waals surface area (Å²) in [7, 11) is 0. The van der Waals surface area contributed by atoms with E-state index in [4.69, 9.17) is 11.6 Å². The number of hydrogen-bond donors (Lipinski definition) is 1. The molecule has 0 aromatic heterocycles. The van der Waals surface area contributed by atoms with Crippen LogP contribution in [0.25, 0.3) is 0 Å². The molecule has 1 heterocycles. The smallest absolute Gasteiger partial charge is 0.319 e. The first-order chi connectivity index (χ1) is 12.2. The molecule has 0 saturated carbocycles. The van der Waals surface area contributed by atoms with Crippen molar-refractivity contribution in [2.24, 2.45) is 0 Å². The number of halogens is 1. The number of Topliss-reactive ketones (excluding diaryl/α,β-unsaturated/α-hetero) is 1. The molecule has 1 fully saturated rings. The monoisotopic (exact) mass is 370 g/mol. The van der Waals surface area contributed by atoms with Crippen molar-refractivity contribution in [1.82, 2.24) is 10.2 Å². The first-order valence-corrected chi connectivity index (χ1v) is 8.61. The van der Waals surface area contributed by atoms with Crippen molar-refractivity contribution in [3.8, 4) is 0 Å². The highest BCUT2D eigenvalue weighted by Gasteiger charge is 2.49. The summed E-state index contributed by atoms with van der Waals surface area (Å²) < 4.78 is 0. The number of benzene rings is 2. The van der Waals surface area contributed by atoms with Gasteiger partial charge in [-0.15, -0.1) is 0 Å². The normalized spacial score (nSPS) is 19.6. The Morgan fingerprint density at radius 3 is 2.38 bits per heavy atom. The van der Waals surface area contributed by atoms with Gasteiger partial charge in [0.15, 0.2) is 5.78 Å². The summed E-state index contributed by atoms with van der Waals surface area (Å²) in [4.78, 5) is 38.8. The maximum atomic E-state index is 12.9. The molecule has 1 atom stereocenters. The molecule has 1 aliphatic heterocycles. The molecule has 26 heavy (non-hydrogen) atoms. The van der Waals surface area contributed by atoms with Crippen LogP contribution in [0.15, 0.2) is 42.5 Å². The van der Waals surface area contributed by atoms with Crippen molar-refractivity contribution in [2.45, 2.75) is 26.3 Å². The van der Waals surface area contributed by atoms with Gasteiger partial charge in [-0.1, -0.05) is 47.5 Å². The summed E-state index contributed by atoms with van der Waals surface area (Å²) in [6.07, 6.45) is 0. The molecule has 0 radical (unpaired) electrons. The molecule has 3 rings (SSSR count). The minimum atomic E-state index is -1.22. The predicted octanol–water partition coefficient (Wildman–Crippen LogP) is 3.61. The van der Waals surface area contributed by atoms with E-state index >= 15 is 0 Å². The average Bonchev–Trinajstić information content (AvgIpc) is 2.79. The lowest BCUT2D eigenvalue weighted by Crippen LogP contribution is -2.41. The minimum absolute atomic E-state index is 0.272. The Labute approximate surface area is 156 Å². The number of ketones is 1. The van der Waals surface area contributed by atoms with Crippen LogP contribution in [0.2, 0.25) is 5.02 Å². The van der Waals surface area contributed by atoms with Gasteiger partial charge in [0.1, 0.15) is 5.54 Å². The Kier molecular flexibility index (Phi) is 4.59. The zero-order chi connectivity index (χ0) is 19.1. The first kappa shape index (κ1) is 18.1. The molecule has 1 unspecified atom stereocenters. The maximum Gasteiger partial charge on any atom is 0.325 e. The number of imide groups is 1. The summed E-state index contributed by atoms with van der Waals surface area (Å²) in [6.45, 7) is 5.11. The van der Waals surface area contributed by atoms with E-state index in [1.807, 2.05) is 26.0 Å². The zero-order valence-electron chi connectivity index (χ0n) is 14.8. The molecule has 1 saturated heterocycles. The Morgan fingerprint density at radius 1 is 1.12 bits per heavy atom. The number of urea groups is 1. The van der Waals surface area contributed by atoms with Crippen LogP contribution < -0.4 is 5.32 Å². The van der Waals surface area contributed by atoms with Gasteiger partial charge in [-0.05, 0) is 44.0 Å². The lowest BCUT2D eigenvalue weighted by Gasteiger charge is -2.22. The third-order valence-corrected chi connectivity index (χ3v) is 4.93. The summed E-state index contributed by atoms with van der Waals surface area (Å²) in [5.41, 5.74) is 1.77. The quantitative estimate of drug-likeness (QED) is 0.660. The van der Waals surface area contributed by atoms with Gasteiger partial charge < -0.3 is 5.32 Å². The fraction of sp³-hybridized carbons (Fsp3) is 0.250. The van der Waals surface area contributed by atoms with Crippen molar-refractivity contribution in [1.29, 1.82) is 0 Å². The zero-order valence-corrected chi connectivity index (χ0v) is 15.6. The summed E-state index contributed by atoms with van der Waals surface area (Å²) in [5.74, 6) is -0.728. The van der Waals surface area contributed by atoms with Crippen molar-refractivity contribution in [2.75, 3.05) is 6.54 Å². The second-order valence-electron chi connectivity index (χ2n) is 6.69. The fourth-order valence-corrected chi connectivity index (χ4v) is 3.30. The van der Waals surface area contributed by atoms with Crippen molar-refractivity contribution in [3.05, 3.63) is 69.7 Å². The molecule has 2 aromatic rings. The van der Waals surface area contributed by atoms with Gasteiger partial charge in [-0.25, -0.2) is 4.79 Å². The highest BCUT2D eigenvalue weighted by Crippen LogP contribution is 2.30. The molecule has 0 spiro atoms. The van der Waals surface area contributed by atoms with E-state index in [2.05, 4.69) is 5.32 Å². The lowest BCUT2D eigenvalue weighted by atomic mass is 9.92. The highest BCUT2D eigenvalue weighted by atomic mass is 35.5. The largest absolute Gasteiger partial charge is 0.325 e. The molecular weight excluding hydrogens is 352 g/mol. The second-order valence-corrected chi connectivity index (χ2v) is 7.13. The molecule has 3 amide bonds. The third kappa shape index (κ3) is 3.10. The molecule has 1 aliphatic rings. The van der Waals surface area contributed by atoms with Gasteiger partial charge in [-0.3, -0.25) is 14.5 Å². The van der Waals surface area contributed by atoms with Crippen LogP contribution in [-0.4, -0.2) is 29.2 Å². The number of carbonyl (C=O) groups is 3. The SMILES string of the molecule is Cc1ccc(C(=O)CN2C(=O)NC(C)(c3ccc(Cl)cc3)C2=O)c(C)c1. The Morgan fingerprint density at radius 2 is 1.77 bits per heavy atom. The van der Waals surface area contributed by atoms with Crippen LogP contribution >= 0.6 is 11.6 Å². The van der Waals surface area contributed by atoms with Crippen LogP contribution in [0.4, 0.5) is 4.79 Å². The summed E-state index contributed by atoms with van der Waals surface area (Å²) in [6, 6.07) is 11.6. The fourth-order valence-electron chi connectivity index (χ4n) is 3.17. The lowest BCUT2D eigenvalue weighted by molar-refractivity contribution is -0.130. The van der Waals surface area contributed by atoms with Crippen molar-refractivity contribution < 1.29 is 14.4 Å². The van der Waals surface area contributed by atoms with Gasteiger partial charge in [0.05, 0.1) is 6.54 Å². The molecule has 5 nitrogen and oxygen atoms in total. The Hall–Kier alpha value is -2.66. The summed E-state index contributed by atoms with van der Waals surface area (Å²) >= 11 is 5.89. The van der Waals surface area contributed by atoms with Crippen LogP contribution in [0.5, 0.6) is 0 Å². The van der Waals surface area contributed by atoms with E-state index in [9.17, 15) is 14.4 Å². The van der Waals surface area contributed by atoms with E-state index in [0.29, 0.717) is 16.1 Å². The van der Waals surface area contributed by atoms with E-state index in [1.165, 1.54) is 0 Å². The number of nitrogens with zero attached hydrogens (tertiary/aromatic N) is 1. The van der Waals surface area contributed by atoms with Gasteiger partial charge >= 0.3 is 6.03 Å². The molecule has 6 heteroatoms. The third-order valence-electron chi connectivity index (χ3n) is 4.68. The standard InChI is InChI=1S/C20H19ClN2O3/c1-12-4-9-16(13(2)10-12)17(24)11-23-18(25)20(3,22-19(23)26)14-5-7-15(21)8-6-14/h4-10H,11H2,1-3H3,(H,22,26). The van der Waals surface area contributed by atoms with E-state index in [1.54, 1.807) is 37.3 Å². The van der Waals surface area contributed by atoms with Crippen molar-refractivity contribution in [3.63, 3.8) is 0 Å². The molecule has 134 valence electrons. The minimum Gasteiger partial charge on any atom is -0.319 e. The number of nitrogens with one attached hydrogen (secondary N) is 1. The molecule has 2 aromatic carbocycles. The maximum absolute atomic E-state index is 12.9. The number of hydrogen-bond acceptors (Lipinski definition) is 3. The second kappa shape index (κ2) is 6.57. The Bertz CT molecular complexity index is 908.